The van der Waals surface area contributed by atoms with E-state index in [0.717, 1.165) is 36.3 Å². The minimum absolute atomic E-state index is 0.0224. The molecule has 0 bridgehead atoms. The third-order valence-electron chi connectivity index (χ3n) is 3.64. The van der Waals surface area contributed by atoms with E-state index in [4.69, 9.17) is 16.9 Å². The Morgan fingerprint density at radius 2 is 2.13 bits per heavy atom. The number of hydrogen-bond donors (Lipinski definition) is 0. The van der Waals surface area contributed by atoms with Crippen LogP contribution in [0.2, 0.25) is 5.02 Å². The summed E-state index contributed by atoms with van der Waals surface area (Å²) in [7, 11) is 0. The molecule has 1 aliphatic carbocycles. The second-order valence-corrected chi connectivity index (χ2v) is 6.71. The van der Waals surface area contributed by atoms with E-state index in [0.29, 0.717) is 10.1 Å². The van der Waals surface area contributed by atoms with E-state index in [1.165, 1.54) is 11.0 Å². The summed E-state index contributed by atoms with van der Waals surface area (Å²) < 4.78 is 38.7. The highest BCUT2D eigenvalue weighted by atomic mass is 35.5. The van der Waals surface area contributed by atoms with Crippen molar-refractivity contribution in [3.8, 4) is 6.07 Å². The quantitative estimate of drug-likeness (QED) is 0.746. The summed E-state index contributed by atoms with van der Waals surface area (Å²) in [4.78, 5) is 14.2. The molecule has 1 heterocycles. The average molecular weight is 359 g/mol. The molecule has 0 unspecified atom stereocenters. The van der Waals surface area contributed by atoms with Gasteiger partial charge in [0.1, 0.15) is 11.4 Å². The summed E-state index contributed by atoms with van der Waals surface area (Å²) in [6.07, 6.45) is -2.79. The third kappa shape index (κ3) is 3.01. The molecule has 0 aliphatic heterocycles. The van der Waals surface area contributed by atoms with Gasteiger partial charge in [0.2, 0.25) is 0 Å². The molecule has 8 heteroatoms. The highest BCUT2D eigenvalue weighted by Gasteiger charge is 2.35. The lowest BCUT2D eigenvalue weighted by Crippen LogP contribution is -2.33. The van der Waals surface area contributed by atoms with E-state index in [-0.39, 0.29) is 22.5 Å². The SMILES string of the molecule is N#CCN(C(=O)c1sc2cc(C(F)(F)F)ccc2c1Cl)C1CC1. The van der Waals surface area contributed by atoms with Crippen LogP contribution >= 0.6 is 22.9 Å². The number of amides is 1. The first-order valence-corrected chi connectivity index (χ1v) is 7.99. The lowest BCUT2D eigenvalue weighted by atomic mass is 10.1. The first-order chi connectivity index (χ1) is 10.8. The maximum absolute atomic E-state index is 12.8. The summed E-state index contributed by atoms with van der Waals surface area (Å²) in [5.41, 5.74) is -0.780. The summed E-state index contributed by atoms with van der Waals surface area (Å²) in [6, 6.07) is 5.18. The third-order valence-corrected chi connectivity index (χ3v) is 5.29. The summed E-state index contributed by atoms with van der Waals surface area (Å²) >= 11 is 7.12. The standard InChI is InChI=1S/C15H10ClF3N2OS/c16-12-10-4-1-8(15(17,18)19)7-11(10)23-13(12)14(22)21(6-5-20)9-2-3-9/h1,4,7,9H,2-3,6H2. The molecule has 1 fully saturated rings. The number of halogens is 4. The van der Waals surface area contributed by atoms with Gasteiger partial charge in [0.05, 0.1) is 16.7 Å². The van der Waals surface area contributed by atoms with Crippen LogP contribution in [0.3, 0.4) is 0 Å². The number of thiophene rings is 1. The highest BCUT2D eigenvalue weighted by molar-refractivity contribution is 7.21. The Kier molecular flexibility index (Phi) is 3.98. The Labute approximate surface area is 138 Å². The van der Waals surface area contributed by atoms with Crippen molar-refractivity contribution in [3.05, 3.63) is 33.7 Å². The monoisotopic (exact) mass is 358 g/mol. The number of alkyl halides is 3. The second kappa shape index (κ2) is 5.69. The maximum Gasteiger partial charge on any atom is 0.416 e. The zero-order valence-electron chi connectivity index (χ0n) is 11.7. The molecule has 2 aromatic rings. The van der Waals surface area contributed by atoms with E-state index >= 15 is 0 Å². The fourth-order valence-corrected chi connectivity index (χ4v) is 3.85. The molecule has 23 heavy (non-hydrogen) atoms. The molecule has 1 amide bonds. The molecular weight excluding hydrogens is 349 g/mol. The molecule has 1 aromatic heterocycles. The molecule has 3 rings (SSSR count). The van der Waals surface area contributed by atoms with Crippen LogP contribution in [-0.2, 0) is 6.18 Å². The minimum Gasteiger partial charge on any atom is -0.322 e. The van der Waals surface area contributed by atoms with E-state index < -0.39 is 17.6 Å². The van der Waals surface area contributed by atoms with E-state index in [1.807, 2.05) is 6.07 Å². The molecule has 3 nitrogen and oxygen atoms in total. The molecule has 0 atom stereocenters. The normalized spacial score (nSPS) is 14.7. The highest BCUT2D eigenvalue weighted by Crippen LogP contribution is 2.40. The summed E-state index contributed by atoms with van der Waals surface area (Å²) in [5, 5.41) is 9.41. The van der Waals surface area contributed by atoms with Gasteiger partial charge in [-0.25, -0.2) is 0 Å². The Hall–Kier alpha value is -1.78. The van der Waals surface area contributed by atoms with Crippen molar-refractivity contribution < 1.29 is 18.0 Å². The molecule has 0 saturated heterocycles. The molecular formula is C15H10ClF3N2OS. The molecule has 0 radical (unpaired) electrons. The number of carbonyl (C=O) groups excluding carboxylic acids is 1. The fourth-order valence-electron chi connectivity index (χ4n) is 2.34. The van der Waals surface area contributed by atoms with E-state index in [2.05, 4.69) is 0 Å². The van der Waals surface area contributed by atoms with Gasteiger partial charge in [-0.3, -0.25) is 4.79 Å². The van der Waals surface area contributed by atoms with Gasteiger partial charge >= 0.3 is 6.18 Å². The fraction of sp³-hybridized carbons (Fsp3) is 0.333. The zero-order chi connectivity index (χ0) is 16.8. The van der Waals surface area contributed by atoms with Gasteiger partial charge < -0.3 is 4.90 Å². The van der Waals surface area contributed by atoms with Gasteiger partial charge in [-0.1, -0.05) is 17.7 Å². The van der Waals surface area contributed by atoms with E-state index in [1.54, 1.807) is 0 Å². The molecule has 1 aliphatic rings. The number of hydrogen-bond acceptors (Lipinski definition) is 3. The number of nitriles is 1. The number of fused-ring (bicyclic) bond motifs is 1. The van der Waals surface area contributed by atoms with Gasteiger partial charge in [-0.15, -0.1) is 11.3 Å². The topological polar surface area (TPSA) is 44.1 Å². The molecule has 120 valence electrons. The van der Waals surface area contributed by atoms with Gasteiger partial charge in [0.25, 0.3) is 5.91 Å². The van der Waals surface area contributed by atoms with Crippen molar-refractivity contribution in [2.45, 2.75) is 25.1 Å². The number of rotatable bonds is 3. The number of benzene rings is 1. The van der Waals surface area contributed by atoms with Crippen LogP contribution < -0.4 is 0 Å². The van der Waals surface area contributed by atoms with Crippen molar-refractivity contribution in [2.24, 2.45) is 0 Å². The summed E-state index contributed by atoms with van der Waals surface area (Å²) in [5.74, 6) is -0.395. The van der Waals surface area contributed by atoms with Crippen LogP contribution in [0.15, 0.2) is 18.2 Å². The Morgan fingerprint density at radius 1 is 1.43 bits per heavy atom. The smallest absolute Gasteiger partial charge is 0.322 e. The molecule has 0 spiro atoms. The maximum atomic E-state index is 12.8. The van der Waals surface area contributed by atoms with Crippen LogP contribution in [-0.4, -0.2) is 23.4 Å². The predicted octanol–water partition coefficient (Wildman–Crippen LogP) is 4.70. The van der Waals surface area contributed by atoms with Crippen molar-refractivity contribution >= 4 is 38.9 Å². The molecule has 1 aromatic carbocycles. The van der Waals surface area contributed by atoms with Crippen molar-refractivity contribution in [3.63, 3.8) is 0 Å². The number of carbonyl (C=O) groups is 1. The van der Waals surface area contributed by atoms with Crippen molar-refractivity contribution in [2.75, 3.05) is 6.54 Å². The molecule has 1 saturated carbocycles. The van der Waals surface area contributed by atoms with E-state index in [9.17, 15) is 18.0 Å². The van der Waals surface area contributed by atoms with Crippen LogP contribution in [0.1, 0.15) is 28.1 Å². The Balaban J connectivity index is 2.03. The van der Waals surface area contributed by atoms with Gasteiger partial charge in [0.15, 0.2) is 0 Å². The second-order valence-electron chi connectivity index (χ2n) is 5.28. The van der Waals surface area contributed by atoms with Crippen molar-refractivity contribution in [1.29, 1.82) is 5.26 Å². The molecule has 0 N–H and O–H groups in total. The minimum atomic E-state index is -4.45. The predicted molar refractivity (Wildman–Crippen MR) is 81.5 cm³/mol. The zero-order valence-corrected chi connectivity index (χ0v) is 13.2. The number of nitrogens with zero attached hydrogens (tertiary/aromatic N) is 2. The van der Waals surface area contributed by atoms with Gasteiger partial charge in [-0.05, 0) is 25.0 Å². The van der Waals surface area contributed by atoms with Crippen molar-refractivity contribution in [1.82, 2.24) is 4.90 Å². The van der Waals surface area contributed by atoms with Crippen LogP contribution in [0.4, 0.5) is 13.2 Å². The average Bonchev–Trinajstić information content (AvgIpc) is 3.27. The Bertz CT molecular complexity index is 820. The Morgan fingerprint density at radius 3 is 2.70 bits per heavy atom. The lowest BCUT2D eigenvalue weighted by Gasteiger charge is -2.17. The van der Waals surface area contributed by atoms with Crippen LogP contribution in [0.5, 0.6) is 0 Å². The first-order valence-electron chi connectivity index (χ1n) is 6.80. The van der Waals surface area contributed by atoms with Gasteiger partial charge in [-0.2, -0.15) is 18.4 Å². The van der Waals surface area contributed by atoms with Crippen LogP contribution in [0, 0.1) is 11.3 Å². The summed E-state index contributed by atoms with van der Waals surface area (Å²) in [6.45, 7) is -0.0537. The van der Waals surface area contributed by atoms with Gasteiger partial charge in [0, 0.05) is 16.1 Å². The first kappa shape index (κ1) is 16.1. The van der Waals surface area contributed by atoms with Crippen LogP contribution in [0.25, 0.3) is 10.1 Å². The largest absolute Gasteiger partial charge is 0.416 e. The lowest BCUT2D eigenvalue weighted by molar-refractivity contribution is -0.137.